The van der Waals surface area contributed by atoms with Gasteiger partial charge in [-0.15, -0.1) is 11.8 Å². The molecule has 0 saturated carbocycles. The number of thioether (sulfide) groups is 1. The van der Waals surface area contributed by atoms with E-state index in [-0.39, 0.29) is 18.0 Å². The van der Waals surface area contributed by atoms with Gasteiger partial charge in [-0.1, -0.05) is 24.3 Å². The number of para-hydroxylation sites is 1. The molecule has 27 heavy (non-hydrogen) atoms. The summed E-state index contributed by atoms with van der Waals surface area (Å²) in [6.07, 6.45) is 0. The first-order valence-corrected chi connectivity index (χ1v) is 9.71. The topological polar surface area (TPSA) is 65.4 Å². The normalized spacial score (nSPS) is 18.0. The summed E-state index contributed by atoms with van der Waals surface area (Å²) >= 11 is 1.59. The van der Waals surface area contributed by atoms with E-state index in [0.29, 0.717) is 5.75 Å². The van der Waals surface area contributed by atoms with Crippen molar-refractivity contribution in [3.63, 3.8) is 0 Å². The van der Waals surface area contributed by atoms with Crippen LogP contribution in [0.5, 0.6) is 11.5 Å². The summed E-state index contributed by atoms with van der Waals surface area (Å²) < 4.78 is 12.8. The molecule has 0 saturated heterocycles. The number of hydrogen-bond donors (Lipinski definition) is 1. The highest BCUT2D eigenvalue weighted by Gasteiger charge is 2.31. The molecule has 3 heterocycles. The Balaban J connectivity index is 1.66. The van der Waals surface area contributed by atoms with E-state index in [2.05, 4.69) is 5.32 Å². The molecule has 0 aliphatic carbocycles. The fraction of sp³-hybridized carbons (Fsp3) is 0.200. The van der Waals surface area contributed by atoms with Crippen LogP contribution < -0.4 is 14.8 Å². The quantitative estimate of drug-likeness (QED) is 0.736. The minimum atomic E-state index is -0.0263. The van der Waals surface area contributed by atoms with Crippen LogP contribution in [0.3, 0.4) is 0 Å². The molecule has 2 aromatic carbocycles. The van der Waals surface area contributed by atoms with E-state index in [1.165, 1.54) is 0 Å². The molecule has 136 valence electrons. The molecule has 2 aliphatic heterocycles. The maximum atomic E-state index is 12.4. The molecule has 1 atom stereocenters. The Labute approximate surface area is 160 Å². The summed E-state index contributed by atoms with van der Waals surface area (Å²) in [5, 5.41) is 7.74. The molecular weight excluding hydrogens is 362 g/mol. The van der Waals surface area contributed by atoms with Gasteiger partial charge in [-0.25, -0.2) is 4.68 Å². The predicted molar refractivity (Wildman–Crippen MR) is 104 cm³/mol. The SMILES string of the molecule is Cc1nn(-c2ccccc2)c2c1[C@@H](c1ccc3c(c1)OCO3)SCC(=O)N2. The first-order chi connectivity index (χ1) is 13.2. The van der Waals surface area contributed by atoms with E-state index in [9.17, 15) is 4.79 Å². The van der Waals surface area contributed by atoms with E-state index in [1.807, 2.05) is 60.1 Å². The van der Waals surface area contributed by atoms with Crippen LogP contribution in [-0.2, 0) is 4.79 Å². The van der Waals surface area contributed by atoms with Crippen LogP contribution in [0.4, 0.5) is 5.82 Å². The van der Waals surface area contributed by atoms with Crippen LogP contribution in [0, 0.1) is 6.92 Å². The number of nitrogens with zero attached hydrogens (tertiary/aromatic N) is 2. The van der Waals surface area contributed by atoms with Crippen molar-refractivity contribution in [2.24, 2.45) is 0 Å². The third kappa shape index (κ3) is 2.75. The van der Waals surface area contributed by atoms with Crippen molar-refractivity contribution in [2.75, 3.05) is 17.9 Å². The summed E-state index contributed by atoms with van der Waals surface area (Å²) in [6, 6.07) is 15.8. The molecule has 0 spiro atoms. The standard InChI is InChI=1S/C20H17N3O3S/c1-12-18-19(13-7-8-15-16(9-13)26-11-25-15)27-10-17(24)21-20(18)23(22-12)14-5-3-2-4-6-14/h2-9,19H,10-11H2,1H3,(H,21,24)/t19-/m1/s1. The Morgan fingerprint density at radius 1 is 1.15 bits per heavy atom. The number of aromatic nitrogens is 2. The number of fused-ring (bicyclic) bond motifs is 2. The van der Waals surface area contributed by atoms with E-state index in [1.54, 1.807) is 11.8 Å². The van der Waals surface area contributed by atoms with Crippen molar-refractivity contribution < 1.29 is 14.3 Å². The van der Waals surface area contributed by atoms with Crippen LogP contribution in [0.1, 0.15) is 22.1 Å². The van der Waals surface area contributed by atoms with Crippen molar-refractivity contribution in [1.82, 2.24) is 9.78 Å². The van der Waals surface area contributed by atoms with Crippen LogP contribution in [-0.4, -0.2) is 28.2 Å². The number of rotatable bonds is 2. The molecule has 0 unspecified atom stereocenters. The lowest BCUT2D eigenvalue weighted by Gasteiger charge is -2.16. The average molecular weight is 379 g/mol. The Morgan fingerprint density at radius 3 is 2.81 bits per heavy atom. The number of benzene rings is 2. The molecule has 5 rings (SSSR count). The zero-order chi connectivity index (χ0) is 18.4. The number of carbonyl (C=O) groups excluding carboxylic acids is 1. The minimum Gasteiger partial charge on any atom is -0.454 e. The minimum absolute atomic E-state index is 0.0223. The molecule has 0 fully saturated rings. The van der Waals surface area contributed by atoms with Gasteiger partial charge >= 0.3 is 0 Å². The molecule has 1 amide bonds. The van der Waals surface area contributed by atoms with Gasteiger partial charge in [-0.2, -0.15) is 5.10 Å². The van der Waals surface area contributed by atoms with E-state index < -0.39 is 0 Å². The van der Waals surface area contributed by atoms with E-state index >= 15 is 0 Å². The lowest BCUT2D eigenvalue weighted by Crippen LogP contribution is -2.15. The number of hydrogen-bond acceptors (Lipinski definition) is 5. The van der Waals surface area contributed by atoms with Gasteiger partial charge in [-0.05, 0) is 36.8 Å². The summed E-state index contributed by atoms with van der Waals surface area (Å²) in [6.45, 7) is 2.23. The average Bonchev–Trinajstić information content (AvgIpc) is 3.23. The Hall–Kier alpha value is -2.93. The summed E-state index contributed by atoms with van der Waals surface area (Å²) in [7, 11) is 0. The van der Waals surface area contributed by atoms with Crippen LogP contribution in [0.25, 0.3) is 5.69 Å². The second-order valence-electron chi connectivity index (χ2n) is 6.45. The number of ether oxygens (including phenoxy) is 2. The molecule has 1 N–H and O–H groups in total. The Bertz CT molecular complexity index is 1030. The van der Waals surface area contributed by atoms with Crippen LogP contribution >= 0.6 is 11.8 Å². The van der Waals surface area contributed by atoms with Crippen molar-refractivity contribution in [3.8, 4) is 17.2 Å². The van der Waals surface area contributed by atoms with Gasteiger partial charge in [0.2, 0.25) is 12.7 Å². The lowest BCUT2D eigenvalue weighted by atomic mass is 10.0. The fourth-order valence-corrected chi connectivity index (χ4v) is 4.66. The second kappa shape index (κ2) is 6.35. The largest absolute Gasteiger partial charge is 0.454 e. The van der Waals surface area contributed by atoms with Crippen molar-refractivity contribution in [2.45, 2.75) is 12.2 Å². The Kier molecular flexibility index (Phi) is 3.82. The molecule has 1 aromatic heterocycles. The van der Waals surface area contributed by atoms with Crippen LogP contribution in [0.2, 0.25) is 0 Å². The highest BCUT2D eigenvalue weighted by Crippen LogP contribution is 2.46. The molecular formula is C20H17N3O3S. The summed E-state index contributed by atoms with van der Waals surface area (Å²) in [5.41, 5.74) is 3.90. The number of nitrogens with one attached hydrogen (secondary N) is 1. The zero-order valence-corrected chi connectivity index (χ0v) is 15.5. The maximum Gasteiger partial charge on any atom is 0.235 e. The molecule has 3 aromatic rings. The summed E-state index contributed by atoms with van der Waals surface area (Å²) in [4.78, 5) is 12.4. The van der Waals surface area contributed by atoms with Crippen LogP contribution in [0.15, 0.2) is 48.5 Å². The highest BCUT2D eigenvalue weighted by atomic mass is 32.2. The lowest BCUT2D eigenvalue weighted by molar-refractivity contribution is -0.113. The van der Waals surface area contributed by atoms with Gasteiger partial charge in [0, 0.05) is 5.56 Å². The molecule has 2 aliphatic rings. The first kappa shape index (κ1) is 16.3. The first-order valence-electron chi connectivity index (χ1n) is 8.66. The smallest absolute Gasteiger partial charge is 0.235 e. The van der Waals surface area contributed by atoms with Crippen molar-refractivity contribution >= 4 is 23.5 Å². The third-order valence-corrected chi connectivity index (χ3v) is 5.98. The highest BCUT2D eigenvalue weighted by molar-refractivity contribution is 8.00. The van der Waals surface area contributed by atoms with Gasteiger partial charge in [0.25, 0.3) is 0 Å². The number of carbonyl (C=O) groups is 1. The van der Waals surface area contributed by atoms with Gasteiger partial charge in [0.15, 0.2) is 11.5 Å². The van der Waals surface area contributed by atoms with E-state index in [4.69, 9.17) is 14.6 Å². The number of anilines is 1. The van der Waals surface area contributed by atoms with Gasteiger partial charge in [0.1, 0.15) is 5.82 Å². The number of amides is 1. The molecule has 7 heteroatoms. The van der Waals surface area contributed by atoms with Gasteiger partial charge in [0.05, 0.1) is 22.4 Å². The molecule has 6 nitrogen and oxygen atoms in total. The van der Waals surface area contributed by atoms with Gasteiger partial charge < -0.3 is 14.8 Å². The molecule has 0 radical (unpaired) electrons. The fourth-order valence-electron chi connectivity index (χ4n) is 3.48. The van der Waals surface area contributed by atoms with Crippen molar-refractivity contribution in [3.05, 3.63) is 65.4 Å². The maximum absolute atomic E-state index is 12.4. The summed E-state index contributed by atoms with van der Waals surface area (Å²) in [5.74, 6) is 2.58. The second-order valence-corrected chi connectivity index (χ2v) is 7.54. The van der Waals surface area contributed by atoms with Gasteiger partial charge in [-0.3, -0.25) is 4.79 Å². The zero-order valence-electron chi connectivity index (χ0n) is 14.6. The predicted octanol–water partition coefficient (Wildman–Crippen LogP) is 3.68. The number of aryl methyl sites for hydroxylation is 1. The third-order valence-electron chi connectivity index (χ3n) is 4.71. The molecule has 0 bridgehead atoms. The van der Waals surface area contributed by atoms with E-state index in [0.717, 1.165) is 39.8 Å². The van der Waals surface area contributed by atoms with Crippen molar-refractivity contribution in [1.29, 1.82) is 0 Å². The monoisotopic (exact) mass is 379 g/mol. The Morgan fingerprint density at radius 2 is 1.96 bits per heavy atom.